The minimum atomic E-state index is -0.126. The van der Waals surface area contributed by atoms with Crippen molar-refractivity contribution < 1.29 is 14.9 Å². The van der Waals surface area contributed by atoms with Gasteiger partial charge < -0.3 is 20.3 Å². The van der Waals surface area contributed by atoms with Crippen molar-refractivity contribution in [3.8, 4) is 17.2 Å². The molecule has 0 radical (unpaired) electrons. The molecule has 1 aromatic carbocycles. The van der Waals surface area contributed by atoms with Gasteiger partial charge in [0.25, 0.3) is 0 Å². The Labute approximate surface area is 75.8 Å². The molecule has 1 aliphatic rings. The van der Waals surface area contributed by atoms with Crippen molar-refractivity contribution in [2.45, 2.75) is 13.1 Å². The number of phenols is 2. The second kappa shape index (κ2) is 2.81. The van der Waals surface area contributed by atoms with Crippen LogP contribution in [0.15, 0.2) is 6.07 Å². The van der Waals surface area contributed by atoms with Gasteiger partial charge in [0.15, 0.2) is 11.5 Å². The molecule has 0 bridgehead atoms. The predicted octanol–water partition coefficient (Wildman–Crippen LogP) is 0.710. The Morgan fingerprint density at radius 2 is 2.00 bits per heavy atom. The van der Waals surface area contributed by atoms with Crippen molar-refractivity contribution in [3.63, 3.8) is 0 Å². The Balaban J connectivity index is 2.64. The van der Waals surface area contributed by atoms with Gasteiger partial charge in [-0.1, -0.05) is 0 Å². The van der Waals surface area contributed by atoms with Crippen LogP contribution >= 0.6 is 0 Å². The lowest BCUT2D eigenvalue weighted by Crippen LogP contribution is -2.00. The van der Waals surface area contributed by atoms with Gasteiger partial charge in [-0.15, -0.1) is 0 Å². The van der Waals surface area contributed by atoms with Crippen LogP contribution in [0.2, 0.25) is 0 Å². The van der Waals surface area contributed by atoms with Crippen molar-refractivity contribution in [1.29, 1.82) is 0 Å². The highest BCUT2D eigenvalue weighted by molar-refractivity contribution is 5.57. The first-order valence-corrected chi connectivity index (χ1v) is 4.05. The molecule has 4 nitrogen and oxygen atoms in total. The fourth-order valence-electron chi connectivity index (χ4n) is 1.60. The van der Waals surface area contributed by atoms with E-state index in [2.05, 4.69) is 5.32 Å². The van der Waals surface area contributed by atoms with E-state index in [4.69, 9.17) is 4.74 Å². The maximum Gasteiger partial charge on any atom is 0.162 e. The van der Waals surface area contributed by atoms with Gasteiger partial charge in [-0.3, -0.25) is 0 Å². The Hall–Kier alpha value is -1.42. The van der Waals surface area contributed by atoms with Gasteiger partial charge in [-0.2, -0.15) is 0 Å². The Morgan fingerprint density at radius 3 is 2.69 bits per heavy atom. The molecule has 13 heavy (non-hydrogen) atoms. The Bertz CT molecular complexity index is 349. The van der Waals surface area contributed by atoms with E-state index in [0.717, 1.165) is 11.1 Å². The lowest BCUT2D eigenvalue weighted by molar-refractivity contribution is 0.381. The lowest BCUT2D eigenvalue weighted by atomic mass is 10.1. The standard InChI is InChI=1S/C9H11NO3/c1-13-8-2-7(11)9(12)6-4-10-3-5(6)8/h2,10-12H,3-4H2,1H3. The fraction of sp³-hybridized carbons (Fsp3) is 0.333. The Morgan fingerprint density at radius 1 is 1.31 bits per heavy atom. The first kappa shape index (κ1) is 8.19. The molecule has 0 aliphatic carbocycles. The van der Waals surface area contributed by atoms with Crippen LogP contribution in [0.1, 0.15) is 11.1 Å². The van der Waals surface area contributed by atoms with Crippen molar-refractivity contribution in [2.24, 2.45) is 0 Å². The maximum atomic E-state index is 9.49. The highest BCUT2D eigenvalue weighted by Gasteiger charge is 2.21. The molecule has 1 heterocycles. The zero-order valence-corrected chi connectivity index (χ0v) is 7.29. The minimum absolute atomic E-state index is 0.0409. The summed E-state index contributed by atoms with van der Waals surface area (Å²) < 4.78 is 5.08. The summed E-state index contributed by atoms with van der Waals surface area (Å²) in [6.07, 6.45) is 0. The molecule has 1 aromatic rings. The molecule has 0 saturated carbocycles. The number of aromatic hydroxyl groups is 2. The minimum Gasteiger partial charge on any atom is -0.504 e. The van der Waals surface area contributed by atoms with Gasteiger partial charge >= 0.3 is 0 Å². The third kappa shape index (κ3) is 1.10. The zero-order chi connectivity index (χ0) is 9.42. The van der Waals surface area contributed by atoms with Crippen LogP contribution in [0.4, 0.5) is 0 Å². The number of benzene rings is 1. The van der Waals surface area contributed by atoms with Crippen LogP contribution in [0.5, 0.6) is 17.2 Å². The molecule has 0 amide bonds. The molecule has 0 saturated heterocycles. The molecule has 2 rings (SSSR count). The molecule has 3 N–H and O–H groups in total. The highest BCUT2D eigenvalue weighted by atomic mass is 16.5. The van der Waals surface area contributed by atoms with E-state index >= 15 is 0 Å². The summed E-state index contributed by atoms with van der Waals surface area (Å²) in [5.74, 6) is 0.454. The molecule has 0 atom stereocenters. The molecular weight excluding hydrogens is 170 g/mol. The van der Waals surface area contributed by atoms with E-state index in [0.29, 0.717) is 18.8 Å². The molecule has 4 heteroatoms. The van der Waals surface area contributed by atoms with Crippen molar-refractivity contribution >= 4 is 0 Å². The number of rotatable bonds is 1. The number of hydrogen-bond acceptors (Lipinski definition) is 4. The average molecular weight is 181 g/mol. The number of fused-ring (bicyclic) bond motifs is 1. The normalized spacial score (nSPS) is 14.2. The van der Waals surface area contributed by atoms with Gasteiger partial charge in [0, 0.05) is 30.3 Å². The molecule has 0 aromatic heterocycles. The van der Waals surface area contributed by atoms with E-state index in [1.807, 2.05) is 0 Å². The first-order valence-electron chi connectivity index (χ1n) is 4.05. The number of methoxy groups -OCH3 is 1. The highest BCUT2D eigenvalue weighted by Crippen LogP contribution is 2.39. The van der Waals surface area contributed by atoms with E-state index in [1.54, 1.807) is 7.11 Å². The summed E-state index contributed by atoms with van der Waals surface area (Å²) in [7, 11) is 1.55. The summed E-state index contributed by atoms with van der Waals surface area (Å²) >= 11 is 0. The summed E-state index contributed by atoms with van der Waals surface area (Å²) in [6, 6.07) is 1.43. The summed E-state index contributed by atoms with van der Waals surface area (Å²) in [4.78, 5) is 0. The first-order chi connectivity index (χ1) is 6.24. The maximum absolute atomic E-state index is 9.49. The van der Waals surface area contributed by atoms with Crippen molar-refractivity contribution in [1.82, 2.24) is 5.32 Å². The predicted molar refractivity (Wildman–Crippen MR) is 46.9 cm³/mol. The summed E-state index contributed by atoms with van der Waals surface area (Å²) in [5, 5.41) is 21.9. The van der Waals surface area contributed by atoms with Gasteiger partial charge in [0.05, 0.1) is 7.11 Å². The largest absolute Gasteiger partial charge is 0.504 e. The van der Waals surface area contributed by atoms with E-state index in [1.165, 1.54) is 6.07 Å². The fourth-order valence-corrected chi connectivity index (χ4v) is 1.60. The van der Waals surface area contributed by atoms with Crippen LogP contribution in [0.25, 0.3) is 0 Å². The Kier molecular flexibility index (Phi) is 1.77. The zero-order valence-electron chi connectivity index (χ0n) is 7.29. The topological polar surface area (TPSA) is 61.7 Å². The van der Waals surface area contributed by atoms with Gasteiger partial charge in [-0.05, 0) is 0 Å². The van der Waals surface area contributed by atoms with Gasteiger partial charge in [-0.25, -0.2) is 0 Å². The molecule has 0 unspecified atom stereocenters. The monoisotopic (exact) mass is 181 g/mol. The third-order valence-corrected chi connectivity index (χ3v) is 2.28. The SMILES string of the molecule is COc1cc(O)c(O)c2c1CNC2. The molecular formula is C9H11NO3. The number of hydrogen-bond donors (Lipinski definition) is 3. The van der Waals surface area contributed by atoms with Gasteiger partial charge in [0.2, 0.25) is 0 Å². The van der Waals surface area contributed by atoms with Crippen LogP contribution in [-0.4, -0.2) is 17.3 Å². The second-order valence-electron chi connectivity index (χ2n) is 3.01. The molecule has 1 aliphatic heterocycles. The lowest BCUT2D eigenvalue weighted by Gasteiger charge is -2.09. The molecule has 0 spiro atoms. The molecule has 0 fully saturated rings. The van der Waals surface area contributed by atoms with Crippen LogP contribution < -0.4 is 10.1 Å². The number of phenolic OH excluding ortho intramolecular Hbond substituents is 2. The van der Waals surface area contributed by atoms with Crippen LogP contribution in [0, 0.1) is 0 Å². The van der Waals surface area contributed by atoms with E-state index < -0.39 is 0 Å². The van der Waals surface area contributed by atoms with Crippen LogP contribution in [-0.2, 0) is 13.1 Å². The van der Waals surface area contributed by atoms with Crippen molar-refractivity contribution in [3.05, 3.63) is 17.2 Å². The second-order valence-corrected chi connectivity index (χ2v) is 3.01. The summed E-state index contributed by atoms with van der Waals surface area (Å²) in [5.41, 5.74) is 1.66. The van der Waals surface area contributed by atoms with E-state index in [-0.39, 0.29) is 11.5 Å². The van der Waals surface area contributed by atoms with Gasteiger partial charge in [0.1, 0.15) is 5.75 Å². The quantitative estimate of drug-likeness (QED) is 0.558. The number of nitrogens with one attached hydrogen (secondary N) is 1. The van der Waals surface area contributed by atoms with E-state index in [9.17, 15) is 10.2 Å². The third-order valence-electron chi connectivity index (χ3n) is 2.28. The van der Waals surface area contributed by atoms with Crippen LogP contribution in [0.3, 0.4) is 0 Å². The van der Waals surface area contributed by atoms with Crippen molar-refractivity contribution in [2.75, 3.05) is 7.11 Å². The molecule has 70 valence electrons. The smallest absolute Gasteiger partial charge is 0.162 e. The summed E-state index contributed by atoms with van der Waals surface area (Å²) in [6.45, 7) is 1.25. The average Bonchev–Trinajstić information content (AvgIpc) is 2.60. The number of ether oxygens (including phenoxy) is 1.